The highest BCUT2D eigenvalue weighted by Crippen LogP contribution is 2.33. The average Bonchev–Trinajstić information content (AvgIpc) is 2.36. The molecule has 2 aromatic rings. The van der Waals surface area contributed by atoms with Crippen LogP contribution in [0.4, 0.5) is 0 Å². The van der Waals surface area contributed by atoms with Gasteiger partial charge in [-0.1, -0.05) is 18.2 Å². The lowest BCUT2D eigenvalue weighted by Gasteiger charge is -2.10. The lowest BCUT2D eigenvalue weighted by molar-refractivity contribution is 0.356. The molecule has 0 aliphatic rings. The van der Waals surface area contributed by atoms with Gasteiger partial charge in [-0.3, -0.25) is 0 Å². The van der Waals surface area contributed by atoms with Gasteiger partial charge >= 0.3 is 0 Å². The third-order valence-electron chi connectivity index (χ3n) is 2.62. The lowest BCUT2D eigenvalue weighted by atomic mass is 10.0. The van der Waals surface area contributed by atoms with Gasteiger partial charge in [-0.05, 0) is 28.5 Å². The molecule has 2 rings (SSSR count). The minimum Gasteiger partial charge on any atom is -0.493 e. The van der Waals surface area contributed by atoms with Crippen molar-refractivity contribution in [3.63, 3.8) is 0 Å². The molecular formula is C13H13ClO2. The number of fused-ring (bicyclic) bond motifs is 1. The minimum atomic E-state index is 0.493. The van der Waals surface area contributed by atoms with Gasteiger partial charge in [0.15, 0.2) is 11.5 Å². The standard InChI is InChI=1S/C13H13ClO2/c1-15-12-6-9-4-3-5-10(8-14)11(9)7-13(12)16-2/h3-7H,8H2,1-2H3. The van der Waals surface area contributed by atoms with Crippen LogP contribution in [0.1, 0.15) is 5.56 Å². The van der Waals surface area contributed by atoms with Crippen LogP contribution in [0, 0.1) is 0 Å². The first-order valence-electron chi connectivity index (χ1n) is 4.99. The first kappa shape index (κ1) is 11.1. The van der Waals surface area contributed by atoms with Crippen molar-refractivity contribution in [3.8, 4) is 11.5 Å². The Bertz CT molecular complexity index is 509. The van der Waals surface area contributed by atoms with Crippen molar-refractivity contribution in [2.75, 3.05) is 14.2 Å². The summed E-state index contributed by atoms with van der Waals surface area (Å²) in [7, 11) is 3.27. The second kappa shape index (κ2) is 4.62. The van der Waals surface area contributed by atoms with Crippen molar-refractivity contribution in [2.24, 2.45) is 0 Å². The third kappa shape index (κ3) is 1.81. The lowest BCUT2D eigenvalue weighted by Crippen LogP contribution is -1.91. The summed E-state index contributed by atoms with van der Waals surface area (Å²) in [5.74, 6) is 1.96. The van der Waals surface area contributed by atoms with Gasteiger partial charge in [0, 0.05) is 5.88 Å². The Labute approximate surface area is 99.7 Å². The summed E-state index contributed by atoms with van der Waals surface area (Å²) >= 11 is 5.90. The molecule has 0 spiro atoms. The normalized spacial score (nSPS) is 10.4. The Balaban J connectivity index is 2.72. The van der Waals surface area contributed by atoms with Crippen LogP contribution < -0.4 is 9.47 Å². The van der Waals surface area contributed by atoms with Gasteiger partial charge < -0.3 is 9.47 Å². The van der Waals surface area contributed by atoms with Gasteiger partial charge in [-0.2, -0.15) is 0 Å². The zero-order chi connectivity index (χ0) is 11.5. The van der Waals surface area contributed by atoms with Crippen LogP contribution in [0.3, 0.4) is 0 Å². The second-order valence-corrected chi connectivity index (χ2v) is 3.75. The van der Waals surface area contributed by atoms with Gasteiger partial charge in [-0.25, -0.2) is 0 Å². The van der Waals surface area contributed by atoms with E-state index in [4.69, 9.17) is 21.1 Å². The second-order valence-electron chi connectivity index (χ2n) is 3.48. The van der Waals surface area contributed by atoms with E-state index in [-0.39, 0.29) is 0 Å². The molecule has 0 heterocycles. The summed E-state index contributed by atoms with van der Waals surface area (Å²) in [5, 5.41) is 2.21. The van der Waals surface area contributed by atoms with Crippen molar-refractivity contribution < 1.29 is 9.47 Å². The quantitative estimate of drug-likeness (QED) is 0.759. The molecule has 0 N–H and O–H groups in total. The van der Waals surface area contributed by atoms with E-state index in [1.807, 2.05) is 30.3 Å². The molecule has 0 aromatic heterocycles. The maximum Gasteiger partial charge on any atom is 0.161 e. The molecule has 16 heavy (non-hydrogen) atoms. The van der Waals surface area contributed by atoms with E-state index < -0.39 is 0 Å². The Morgan fingerprint density at radius 1 is 1.06 bits per heavy atom. The summed E-state index contributed by atoms with van der Waals surface area (Å²) < 4.78 is 10.5. The monoisotopic (exact) mass is 236 g/mol. The third-order valence-corrected chi connectivity index (χ3v) is 2.91. The number of alkyl halides is 1. The molecule has 0 aliphatic carbocycles. The molecular weight excluding hydrogens is 224 g/mol. The molecule has 3 heteroatoms. The van der Waals surface area contributed by atoms with Gasteiger partial charge in [0.2, 0.25) is 0 Å². The smallest absolute Gasteiger partial charge is 0.161 e. The fourth-order valence-electron chi connectivity index (χ4n) is 1.78. The highest BCUT2D eigenvalue weighted by Gasteiger charge is 2.07. The van der Waals surface area contributed by atoms with E-state index in [1.54, 1.807) is 14.2 Å². The van der Waals surface area contributed by atoms with Crippen LogP contribution in [0.15, 0.2) is 30.3 Å². The number of ether oxygens (including phenoxy) is 2. The molecule has 84 valence electrons. The van der Waals surface area contributed by atoms with Crippen molar-refractivity contribution in [1.29, 1.82) is 0 Å². The predicted molar refractivity (Wildman–Crippen MR) is 66.6 cm³/mol. The molecule has 0 saturated heterocycles. The van der Waals surface area contributed by atoms with Crippen LogP contribution in [-0.2, 0) is 5.88 Å². The molecule has 0 fully saturated rings. The topological polar surface area (TPSA) is 18.5 Å². The predicted octanol–water partition coefficient (Wildman–Crippen LogP) is 3.60. The van der Waals surface area contributed by atoms with Gasteiger partial charge in [0.05, 0.1) is 14.2 Å². The Hall–Kier alpha value is -1.41. The Morgan fingerprint density at radius 3 is 2.38 bits per heavy atom. The molecule has 0 bridgehead atoms. The highest BCUT2D eigenvalue weighted by atomic mass is 35.5. The number of methoxy groups -OCH3 is 2. The molecule has 0 aliphatic heterocycles. The van der Waals surface area contributed by atoms with E-state index in [1.165, 1.54) is 0 Å². The largest absolute Gasteiger partial charge is 0.493 e. The van der Waals surface area contributed by atoms with Crippen molar-refractivity contribution in [2.45, 2.75) is 5.88 Å². The first-order valence-corrected chi connectivity index (χ1v) is 5.53. The zero-order valence-electron chi connectivity index (χ0n) is 9.29. The van der Waals surface area contributed by atoms with Gasteiger partial charge in [0.1, 0.15) is 0 Å². The maximum absolute atomic E-state index is 5.90. The zero-order valence-corrected chi connectivity index (χ0v) is 10.0. The molecule has 0 amide bonds. The highest BCUT2D eigenvalue weighted by molar-refractivity contribution is 6.18. The molecule has 0 unspecified atom stereocenters. The summed E-state index contributed by atoms with van der Waals surface area (Å²) in [4.78, 5) is 0. The fourth-order valence-corrected chi connectivity index (χ4v) is 2.02. The van der Waals surface area contributed by atoms with E-state index >= 15 is 0 Å². The van der Waals surface area contributed by atoms with Crippen LogP contribution in [0.25, 0.3) is 10.8 Å². The van der Waals surface area contributed by atoms with E-state index in [2.05, 4.69) is 0 Å². The SMILES string of the molecule is COc1cc2cccc(CCl)c2cc1OC. The van der Waals surface area contributed by atoms with Crippen LogP contribution >= 0.6 is 11.6 Å². The van der Waals surface area contributed by atoms with E-state index in [0.717, 1.165) is 27.8 Å². The summed E-state index contributed by atoms with van der Waals surface area (Å²) in [5.41, 5.74) is 1.10. The molecule has 0 saturated carbocycles. The summed E-state index contributed by atoms with van der Waals surface area (Å²) in [6.45, 7) is 0. The summed E-state index contributed by atoms with van der Waals surface area (Å²) in [6.07, 6.45) is 0. The van der Waals surface area contributed by atoms with Gasteiger partial charge in [-0.15, -0.1) is 11.6 Å². The molecule has 2 aromatic carbocycles. The number of halogens is 1. The van der Waals surface area contributed by atoms with Gasteiger partial charge in [0.25, 0.3) is 0 Å². The van der Waals surface area contributed by atoms with Crippen molar-refractivity contribution >= 4 is 22.4 Å². The average molecular weight is 237 g/mol. The Kier molecular flexibility index (Phi) is 3.20. The number of rotatable bonds is 3. The van der Waals surface area contributed by atoms with E-state index in [0.29, 0.717) is 5.88 Å². The minimum absolute atomic E-state index is 0.493. The number of hydrogen-bond donors (Lipinski definition) is 0. The summed E-state index contributed by atoms with van der Waals surface area (Å²) in [6, 6.07) is 9.97. The first-order chi connectivity index (χ1) is 7.80. The van der Waals surface area contributed by atoms with E-state index in [9.17, 15) is 0 Å². The number of benzene rings is 2. The fraction of sp³-hybridized carbons (Fsp3) is 0.231. The van der Waals surface area contributed by atoms with Crippen LogP contribution in [0.2, 0.25) is 0 Å². The number of hydrogen-bond acceptors (Lipinski definition) is 2. The maximum atomic E-state index is 5.90. The van der Waals surface area contributed by atoms with Crippen LogP contribution in [0.5, 0.6) is 11.5 Å². The molecule has 2 nitrogen and oxygen atoms in total. The van der Waals surface area contributed by atoms with Crippen molar-refractivity contribution in [1.82, 2.24) is 0 Å². The molecule has 0 atom stereocenters. The van der Waals surface area contributed by atoms with Crippen molar-refractivity contribution in [3.05, 3.63) is 35.9 Å². The Morgan fingerprint density at radius 2 is 1.75 bits per heavy atom. The molecule has 0 radical (unpaired) electrons. The van der Waals surface area contributed by atoms with Crippen LogP contribution in [-0.4, -0.2) is 14.2 Å².